The van der Waals surface area contributed by atoms with Gasteiger partial charge in [0.2, 0.25) is 0 Å². The molecule has 19 heavy (non-hydrogen) atoms. The van der Waals surface area contributed by atoms with Crippen molar-refractivity contribution in [2.75, 3.05) is 30.3 Å². The number of anilines is 1. The quantitative estimate of drug-likeness (QED) is 0.862. The van der Waals surface area contributed by atoms with Crippen LogP contribution in [-0.2, 0) is 9.84 Å². The van der Waals surface area contributed by atoms with E-state index in [9.17, 15) is 8.42 Å². The van der Waals surface area contributed by atoms with Crippen LogP contribution >= 0.6 is 0 Å². The van der Waals surface area contributed by atoms with Crippen LogP contribution in [0.2, 0.25) is 0 Å². The molecular formula is C14H22N2O2S. The number of likely N-dealkylation sites (N-methyl/N-ethyl adjacent to an activating group) is 1. The normalized spacial score (nSPS) is 16.1. The summed E-state index contributed by atoms with van der Waals surface area (Å²) in [5.41, 5.74) is 1.10. The van der Waals surface area contributed by atoms with E-state index in [1.807, 2.05) is 19.1 Å². The van der Waals surface area contributed by atoms with Gasteiger partial charge in [0.15, 0.2) is 9.84 Å². The third kappa shape index (κ3) is 3.09. The molecule has 1 aliphatic heterocycles. The summed E-state index contributed by atoms with van der Waals surface area (Å²) in [6.07, 6.45) is 0.652. The first-order valence-corrected chi connectivity index (χ1v) is 8.54. The van der Waals surface area contributed by atoms with Crippen molar-refractivity contribution >= 4 is 15.5 Å². The molecule has 1 N–H and O–H groups in total. The molecule has 0 unspecified atom stereocenters. The van der Waals surface area contributed by atoms with E-state index in [2.05, 4.69) is 17.1 Å². The van der Waals surface area contributed by atoms with Gasteiger partial charge in [0.25, 0.3) is 0 Å². The van der Waals surface area contributed by atoms with Crippen molar-refractivity contribution in [3.05, 3.63) is 24.3 Å². The maximum absolute atomic E-state index is 12.0. The minimum absolute atomic E-state index is 0.219. The maximum atomic E-state index is 12.0. The SMILES string of the molecule is CCCS(=O)(=O)c1ccc(N(CC)C2CNC2)cc1. The smallest absolute Gasteiger partial charge is 0.178 e. The Balaban J connectivity index is 2.17. The lowest BCUT2D eigenvalue weighted by atomic mass is 10.1. The second kappa shape index (κ2) is 5.92. The van der Waals surface area contributed by atoms with Crippen molar-refractivity contribution in [1.29, 1.82) is 0 Å². The molecule has 1 fully saturated rings. The molecule has 1 aliphatic rings. The highest BCUT2D eigenvalue weighted by Crippen LogP contribution is 2.22. The fourth-order valence-corrected chi connectivity index (χ4v) is 3.70. The fraction of sp³-hybridized carbons (Fsp3) is 0.571. The van der Waals surface area contributed by atoms with E-state index in [1.54, 1.807) is 12.1 Å². The zero-order valence-corrected chi connectivity index (χ0v) is 12.4. The molecule has 2 rings (SSSR count). The lowest BCUT2D eigenvalue weighted by molar-refractivity contribution is 0.417. The predicted octanol–water partition coefficient (Wildman–Crippen LogP) is 1.67. The number of hydrogen-bond acceptors (Lipinski definition) is 4. The van der Waals surface area contributed by atoms with E-state index in [-0.39, 0.29) is 5.75 Å². The first-order valence-electron chi connectivity index (χ1n) is 6.88. The van der Waals surface area contributed by atoms with Crippen LogP contribution in [0.25, 0.3) is 0 Å². The van der Waals surface area contributed by atoms with Gasteiger partial charge in [-0.25, -0.2) is 8.42 Å². The molecule has 0 atom stereocenters. The van der Waals surface area contributed by atoms with Crippen LogP contribution in [0.15, 0.2) is 29.2 Å². The van der Waals surface area contributed by atoms with Crippen LogP contribution in [0.4, 0.5) is 5.69 Å². The summed E-state index contributed by atoms with van der Waals surface area (Å²) in [4.78, 5) is 2.74. The summed E-state index contributed by atoms with van der Waals surface area (Å²) in [5.74, 6) is 0.219. The summed E-state index contributed by atoms with van der Waals surface area (Å²) in [6, 6.07) is 7.84. The van der Waals surface area contributed by atoms with Crippen molar-refractivity contribution in [2.45, 2.75) is 31.2 Å². The average Bonchev–Trinajstić information content (AvgIpc) is 2.33. The highest BCUT2D eigenvalue weighted by Gasteiger charge is 2.23. The van der Waals surface area contributed by atoms with Gasteiger partial charge in [0.1, 0.15) is 0 Å². The lowest BCUT2D eigenvalue weighted by Gasteiger charge is -2.39. The Bertz CT molecular complexity index is 507. The van der Waals surface area contributed by atoms with Crippen molar-refractivity contribution in [3.63, 3.8) is 0 Å². The first-order chi connectivity index (χ1) is 9.08. The third-order valence-electron chi connectivity index (χ3n) is 3.54. The first kappa shape index (κ1) is 14.3. The van der Waals surface area contributed by atoms with Crippen molar-refractivity contribution in [2.24, 2.45) is 0 Å². The molecule has 0 radical (unpaired) electrons. The topological polar surface area (TPSA) is 49.4 Å². The molecule has 1 heterocycles. The Morgan fingerprint density at radius 2 is 1.84 bits per heavy atom. The minimum atomic E-state index is -3.10. The van der Waals surface area contributed by atoms with E-state index >= 15 is 0 Å². The van der Waals surface area contributed by atoms with E-state index in [4.69, 9.17) is 0 Å². The van der Waals surface area contributed by atoms with E-state index in [0.717, 1.165) is 25.3 Å². The average molecular weight is 282 g/mol. The summed E-state index contributed by atoms with van der Waals surface area (Å²) >= 11 is 0. The van der Waals surface area contributed by atoms with Gasteiger partial charge in [-0.05, 0) is 37.6 Å². The van der Waals surface area contributed by atoms with Crippen molar-refractivity contribution in [1.82, 2.24) is 5.32 Å². The Morgan fingerprint density at radius 3 is 2.26 bits per heavy atom. The van der Waals surface area contributed by atoms with Gasteiger partial charge in [-0.2, -0.15) is 0 Å². The van der Waals surface area contributed by atoms with Gasteiger partial charge >= 0.3 is 0 Å². The van der Waals surface area contributed by atoms with Gasteiger partial charge in [-0.15, -0.1) is 0 Å². The van der Waals surface area contributed by atoms with E-state index in [1.165, 1.54) is 0 Å². The third-order valence-corrected chi connectivity index (χ3v) is 5.48. The lowest BCUT2D eigenvalue weighted by Crippen LogP contribution is -2.57. The van der Waals surface area contributed by atoms with Crippen LogP contribution in [-0.4, -0.2) is 39.8 Å². The van der Waals surface area contributed by atoms with Crippen LogP contribution in [0.5, 0.6) is 0 Å². The van der Waals surface area contributed by atoms with Crippen LogP contribution in [0.1, 0.15) is 20.3 Å². The Morgan fingerprint density at radius 1 is 1.21 bits per heavy atom. The zero-order chi connectivity index (χ0) is 13.9. The number of benzene rings is 1. The summed E-state index contributed by atoms with van der Waals surface area (Å²) in [6.45, 7) is 6.95. The Hall–Kier alpha value is -1.07. The molecule has 4 nitrogen and oxygen atoms in total. The number of nitrogens with one attached hydrogen (secondary N) is 1. The number of nitrogens with zero attached hydrogens (tertiary/aromatic N) is 1. The molecule has 0 aliphatic carbocycles. The number of hydrogen-bond donors (Lipinski definition) is 1. The molecule has 0 aromatic heterocycles. The molecule has 106 valence electrons. The van der Waals surface area contributed by atoms with Gasteiger partial charge in [0.05, 0.1) is 16.7 Å². The van der Waals surface area contributed by atoms with Crippen LogP contribution in [0, 0.1) is 0 Å². The summed E-state index contributed by atoms with van der Waals surface area (Å²) in [7, 11) is -3.10. The molecule has 1 aromatic carbocycles. The monoisotopic (exact) mass is 282 g/mol. The molecule has 0 amide bonds. The largest absolute Gasteiger partial charge is 0.366 e. The van der Waals surface area contributed by atoms with Gasteiger partial charge in [-0.3, -0.25) is 0 Å². The van der Waals surface area contributed by atoms with Crippen molar-refractivity contribution in [3.8, 4) is 0 Å². The van der Waals surface area contributed by atoms with Crippen molar-refractivity contribution < 1.29 is 8.42 Å². The zero-order valence-electron chi connectivity index (χ0n) is 11.6. The Kier molecular flexibility index (Phi) is 4.47. The van der Waals surface area contributed by atoms with Gasteiger partial charge in [0, 0.05) is 25.3 Å². The van der Waals surface area contributed by atoms with Gasteiger partial charge in [-0.1, -0.05) is 6.92 Å². The summed E-state index contributed by atoms with van der Waals surface area (Å²) < 4.78 is 23.9. The van der Waals surface area contributed by atoms with E-state index < -0.39 is 9.84 Å². The highest BCUT2D eigenvalue weighted by molar-refractivity contribution is 7.91. The molecule has 0 spiro atoms. The summed E-state index contributed by atoms with van der Waals surface area (Å²) in [5, 5.41) is 3.26. The molecular weight excluding hydrogens is 260 g/mol. The molecule has 5 heteroatoms. The molecule has 0 saturated carbocycles. The standard InChI is InChI=1S/C14H22N2O2S/c1-3-9-19(17,18)14-7-5-12(6-8-14)16(4-2)13-10-15-11-13/h5-8,13,15H,3-4,9-11H2,1-2H3. The highest BCUT2D eigenvalue weighted by atomic mass is 32.2. The predicted molar refractivity (Wildman–Crippen MR) is 78.5 cm³/mol. The molecule has 0 bridgehead atoms. The number of rotatable bonds is 6. The van der Waals surface area contributed by atoms with Crippen LogP contribution < -0.4 is 10.2 Å². The second-order valence-electron chi connectivity index (χ2n) is 4.91. The number of sulfone groups is 1. The van der Waals surface area contributed by atoms with Gasteiger partial charge < -0.3 is 10.2 Å². The molecule has 1 aromatic rings. The van der Waals surface area contributed by atoms with E-state index in [0.29, 0.717) is 17.4 Å². The second-order valence-corrected chi connectivity index (χ2v) is 7.02. The van der Waals surface area contributed by atoms with Crippen LogP contribution in [0.3, 0.4) is 0 Å². The fourth-order valence-electron chi connectivity index (χ4n) is 2.38. The Labute approximate surface area is 115 Å². The maximum Gasteiger partial charge on any atom is 0.178 e. The molecule has 1 saturated heterocycles. The minimum Gasteiger partial charge on any atom is -0.366 e.